The number of rotatable bonds is 7. The summed E-state index contributed by atoms with van der Waals surface area (Å²) in [5, 5.41) is 7.52. The van der Waals surface area contributed by atoms with Crippen molar-refractivity contribution in [1.82, 2.24) is 15.1 Å². The Bertz CT molecular complexity index is 595. The molecule has 7 nitrogen and oxygen atoms in total. The van der Waals surface area contributed by atoms with Crippen LogP contribution < -0.4 is 10.1 Å². The molecule has 0 spiro atoms. The molecule has 0 unspecified atom stereocenters. The molecule has 0 bridgehead atoms. The predicted octanol–water partition coefficient (Wildman–Crippen LogP) is 1.10. The van der Waals surface area contributed by atoms with Crippen LogP contribution in [0.15, 0.2) is 28.9 Å². The van der Waals surface area contributed by atoms with E-state index in [9.17, 15) is 0 Å². The van der Waals surface area contributed by atoms with Crippen molar-refractivity contribution in [3.05, 3.63) is 36.0 Å². The molecule has 2 aromatic heterocycles. The van der Waals surface area contributed by atoms with Crippen LogP contribution in [-0.4, -0.2) is 42.2 Å². The number of ether oxygens (including phenoxy) is 3. The third-order valence-corrected chi connectivity index (χ3v) is 3.54. The minimum Gasteiger partial charge on any atom is -0.483 e. The Kier molecular flexibility index (Phi) is 4.77. The molecule has 1 saturated heterocycles. The first-order valence-electron chi connectivity index (χ1n) is 7.27. The Balaban J connectivity index is 1.52. The summed E-state index contributed by atoms with van der Waals surface area (Å²) in [5.74, 6) is 2.45. The molecule has 1 fully saturated rings. The Labute approximate surface area is 129 Å². The number of hydrogen-bond donors (Lipinski definition) is 1. The molecular weight excluding hydrogens is 286 g/mol. The first kappa shape index (κ1) is 15.1. The van der Waals surface area contributed by atoms with Crippen LogP contribution in [0.4, 0.5) is 0 Å². The summed E-state index contributed by atoms with van der Waals surface area (Å²) in [5.41, 5.74) is 0. The van der Waals surface area contributed by atoms with Crippen molar-refractivity contribution in [3.8, 4) is 5.75 Å². The van der Waals surface area contributed by atoms with Crippen LogP contribution in [0, 0.1) is 0 Å². The fraction of sp³-hybridized carbons (Fsp3) is 0.533. The van der Waals surface area contributed by atoms with E-state index in [1.54, 1.807) is 18.0 Å². The third-order valence-electron chi connectivity index (χ3n) is 3.54. The molecular formula is C15H21N3O4. The van der Waals surface area contributed by atoms with Crippen molar-refractivity contribution in [2.45, 2.75) is 25.3 Å². The first-order chi connectivity index (χ1) is 10.7. The summed E-state index contributed by atoms with van der Waals surface area (Å²) >= 11 is 0. The second-order valence-corrected chi connectivity index (χ2v) is 5.33. The zero-order chi connectivity index (χ0) is 15.4. The van der Waals surface area contributed by atoms with Crippen LogP contribution in [-0.2, 0) is 29.7 Å². The van der Waals surface area contributed by atoms with Gasteiger partial charge in [0, 0.05) is 14.2 Å². The molecule has 120 valence electrons. The minimum atomic E-state index is -0.0300. The highest BCUT2D eigenvalue weighted by atomic mass is 16.5. The molecule has 2 atom stereocenters. The zero-order valence-corrected chi connectivity index (χ0v) is 12.8. The van der Waals surface area contributed by atoms with Crippen LogP contribution in [0.25, 0.3) is 0 Å². The van der Waals surface area contributed by atoms with Crippen molar-refractivity contribution < 1.29 is 18.6 Å². The molecule has 7 heteroatoms. The van der Waals surface area contributed by atoms with Gasteiger partial charge in [0.25, 0.3) is 0 Å². The standard InChI is InChI=1S/C15H21N3O4/c1-18-7-13(6-17-18)22-15-10-20-9-14(15)16-5-11-3-4-12(21-11)8-19-2/h3-4,6-7,14-16H,5,8-10H2,1-2H3/t14-,15+/m0/s1. The lowest BCUT2D eigenvalue weighted by atomic mass is 10.2. The maximum absolute atomic E-state index is 5.92. The van der Waals surface area contributed by atoms with Crippen LogP contribution >= 0.6 is 0 Å². The van der Waals surface area contributed by atoms with Gasteiger partial charge in [-0.25, -0.2) is 0 Å². The molecule has 1 aliphatic heterocycles. The van der Waals surface area contributed by atoms with Crippen LogP contribution in [0.5, 0.6) is 5.75 Å². The predicted molar refractivity (Wildman–Crippen MR) is 78.5 cm³/mol. The summed E-state index contributed by atoms with van der Waals surface area (Å²) in [4.78, 5) is 0. The number of nitrogens with zero attached hydrogens (tertiary/aromatic N) is 2. The normalized spacial score (nSPS) is 21.4. The lowest BCUT2D eigenvalue weighted by molar-refractivity contribution is 0.138. The number of aryl methyl sites for hydroxylation is 1. The molecule has 1 aliphatic rings. The van der Waals surface area contributed by atoms with Gasteiger partial charge in [-0.3, -0.25) is 4.68 Å². The molecule has 3 heterocycles. The van der Waals surface area contributed by atoms with Gasteiger partial charge in [-0.1, -0.05) is 0 Å². The third kappa shape index (κ3) is 3.68. The number of aromatic nitrogens is 2. The van der Waals surface area contributed by atoms with Gasteiger partial charge >= 0.3 is 0 Å². The smallest absolute Gasteiger partial charge is 0.157 e. The van der Waals surface area contributed by atoms with Crippen LogP contribution in [0.1, 0.15) is 11.5 Å². The van der Waals surface area contributed by atoms with Gasteiger partial charge in [-0.15, -0.1) is 0 Å². The molecule has 0 aliphatic carbocycles. The van der Waals surface area contributed by atoms with Gasteiger partial charge in [0.05, 0.1) is 38.2 Å². The lowest BCUT2D eigenvalue weighted by Crippen LogP contribution is -2.41. The highest BCUT2D eigenvalue weighted by Crippen LogP contribution is 2.17. The van der Waals surface area contributed by atoms with Gasteiger partial charge < -0.3 is 23.9 Å². The van der Waals surface area contributed by atoms with E-state index >= 15 is 0 Å². The molecule has 0 aromatic carbocycles. The monoisotopic (exact) mass is 307 g/mol. The van der Waals surface area contributed by atoms with Crippen LogP contribution in [0.2, 0.25) is 0 Å². The summed E-state index contributed by atoms with van der Waals surface area (Å²) < 4.78 is 23.9. The summed E-state index contributed by atoms with van der Waals surface area (Å²) in [6.07, 6.45) is 3.52. The van der Waals surface area contributed by atoms with Crippen LogP contribution in [0.3, 0.4) is 0 Å². The molecule has 22 heavy (non-hydrogen) atoms. The zero-order valence-electron chi connectivity index (χ0n) is 12.8. The SMILES string of the molecule is COCc1ccc(CN[C@H]2COC[C@H]2Oc2cnn(C)c2)o1. The molecule has 3 rings (SSSR count). The summed E-state index contributed by atoms with van der Waals surface area (Å²) in [6, 6.07) is 4.00. The van der Waals surface area contributed by atoms with Gasteiger partial charge in [0.1, 0.15) is 24.2 Å². The number of methoxy groups -OCH3 is 1. The second kappa shape index (κ2) is 6.95. The second-order valence-electron chi connectivity index (χ2n) is 5.33. The van der Waals surface area contributed by atoms with E-state index in [-0.39, 0.29) is 12.1 Å². The van der Waals surface area contributed by atoms with Crippen molar-refractivity contribution in [1.29, 1.82) is 0 Å². The van der Waals surface area contributed by atoms with E-state index in [0.29, 0.717) is 26.4 Å². The Morgan fingerprint density at radius 2 is 2.23 bits per heavy atom. The fourth-order valence-electron chi connectivity index (χ4n) is 2.44. The summed E-state index contributed by atoms with van der Waals surface area (Å²) in [6.45, 7) is 2.31. The van der Waals surface area contributed by atoms with Crippen molar-refractivity contribution in [3.63, 3.8) is 0 Å². The largest absolute Gasteiger partial charge is 0.483 e. The van der Waals surface area contributed by atoms with Crippen molar-refractivity contribution >= 4 is 0 Å². The minimum absolute atomic E-state index is 0.0300. The number of furan rings is 1. The highest BCUT2D eigenvalue weighted by Gasteiger charge is 2.30. The molecule has 0 amide bonds. The van der Waals surface area contributed by atoms with Gasteiger partial charge in [0.15, 0.2) is 5.75 Å². The molecule has 0 radical (unpaired) electrons. The van der Waals surface area contributed by atoms with Gasteiger partial charge in [0.2, 0.25) is 0 Å². The topological polar surface area (TPSA) is 70.7 Å². The summed E-state index contributed by atoms with van der Waals surface area (Å²) in [7, 11) is 3.51. The molecule has 1 N–H and O–H groups in total. The highest BCUT2D eigenvalue weighted by molar-refractivity contribution is 5.13. The van der Waals surface area contributed by atoms with E-state index < -0.39 is 0 Å². The van der Waals surface area contributed by atoms with E-state index in [1.807, 2.05) is 25.4 Å². The first-order valence-corrected chi connectivity index (χ1v) is 7.27. The molecule has 2 aromatic rings. The number of hydrogen-bond acceptors (Lipinski definition) is 6. The Morgan fingerprint density at radius 3 is 3.00 bits per heavy atom. The van der Waals surface area contributed by atoms with E-state index in [1.165, 1.54) is 0 Å². The average molecular weight is 307 g/mol. The van der Waals surface area contributed by atoms with E-state index in [4.69, 9.17) is 18.6 Å². The van der Waals surface area contributed by atoms with Gasteiger partial charge in [-0.05, 0) is 12.1 Å². The maximum Gasteiger partial charge on any atom is 0.157 e. The Morgan fingerprint density at radius 1 is 1.36 bits per heavy atom. The average Bonchev–Trinajstić information content (AvgIpc) is 3.20. The quantitative estimate of drug-likeness (QED) is 0.826. The van der Waals surface area contributed by atoms with E-state index in [0.717, 1.165) is 17.3 Å². The van der Waals surface area contributed by atoms with Crippen molar-refractivity contribution in [2.24, 2.45) is 7.05 Å². The van der Waals surface area contributed by atoms with Crippen molar-refractivity contribution in [2.75, 3.05) is 20.3 Å². The lowest BCUT2D eigenvalue weighted by Gasteiger charge is -2.19. The van der Waals surface area contributed by atoms with Gasteiger partial charge in [-0.2, -0.15) is 5.10 Å². The van der Waals surface area contributed by atoms with E-state index in [2.05, 4.69) is 10.4 Å². The Hall–Kier alpha value is -1.83. The maximum atomic E-state index is 5.92. The fourth-order valence-corrected chi connectivity index (χ4v) is 2.44. The molecule has 0 saturated carbocycles. The number of nitrogens with one attached hydrogen (secondary N) is 1.